The van der Waals surface area contributed by atoms with E-state index < -0.39 is 0 Å². The monoisotopic (exact) mass is 333 g/mol. The number of hydrogen-bond acceptors (Lipinski definition) is 4. The maximum atomic E-state index is 12.3. The first-order valence-corrected chi connectivity index (χ1v) is 8.52. The maximum Gasteiger partial charge on any atom is 0.247 e. The number of carbonyl (C=O) groups excluding carboxylic acids is 1. The third-order valence-electron chi connectivity index (χ3n) is 4.61. The van der Waals surface area contributed by atoms with Crippen LogP contribution in [0.3, 0.4) is 0 Å². The lowest BCUT2D eigenvalue weighted by atomic mass is 9.97. The van der Waals surface area contributed by atoms with Crippen molar-refractivity contribution in [3.63, 3.8) is 0 Å². The van der Waals surface area contributed by atoms with Crippen molar-refractivity contribution in [1.82, 2.24) is 15.5 Å². The molecule has 0 saturated carbocycles. The van der Waals surface area contributed by atoms with Crippen molar-refractivity contribution >= 4 is 5.91 Å². The number of aromatic nitrogens is 2. The van der Waals surface area contributed by atoms with Crippen molar-refractivity contribution < 1.29 is 9.21 Å². The normalized spacial score (nSPS) is 15.8. The Kier molecular flexibility index (Phi) is 4.29. The zero-order valence-corrected chi connectivity index (χ0v) is 13.8. The van der Waals surface area contributed by atoms with Gasteiger partial charge in [-0.3, -0.25) is 4.79 Å². The highest BCUT2D eigenvalue weighted by Crippen LogP contribution is 2.35. The molecule has 2 aromatic carbocycles. The van der Waals surface area contributed by atoms with Crippen LogP contribution < -0.4 is 5.32 Å². The van der Waals surface area contributed by atoms with Crippen LogP contribution >= 0.6 is 0 Å². The van der Waals surface area contributed by atoms with Crippen molar-refractivity contribution in [2.75, 3.05) is 0 Å². The van der Waals surface area contributed by atoms with E-state index in [-0.39, 0.29) is 12.5 Å². The molecule has 4 rings (SSSR count). The molecule has 0 saturated heterocycles. The summed E-state index contributed by atoms with van der Waals surface area (Å²) in [4.78, 5) is 12.3. The molecule has 5 nitrogen and oxygen atoms in total. The molecule has 1 atom stereocenters. The highest BCUT2D eigenvalue weighted by molar-refractivity contribution is 5.77. The van der Waals surface area contributed by atoms with Gasteiger partial charge in [0.05, 0.1) is 6.54 Å². The van der Waals surface area contributed by atoms with Crippen LogP contribution in [0.2, 0.25) is 0 Å². The minimum atomic E-state index is 0.0150. The van der Waals surface area contributed by atoms with E-state index in [1.807, 2.05) is 36.4 Å². The average Bonchev–Trinajstić information content (AvgIpc) is 3.28. The summed E-state index contributed by atoms with van der Waals surface area (Å²) in [6.45, 7) is 0.257. The Hall–Kier alpha value is -2.95. The minimum absolute atomic E-state index is 0.0150. The number of benzene rings is 2. The first-order chi connectivity index (χ1) is 12.3. The second-order valence-electron chi connectivity index (χ2n) is 6.28. The minimum Gasteiger partial charge on any atom is -0.419 e. The van der Waals surface area contributed by atoms with Crippen LogP contribution in [0.4, 0.5) is 0 Å². The molecular formula is C20H19N3O2. The summed E-state index contributed by atoms with van der Waals surface area (Å²) in [5.74, 6) is 1.20. The second-order valence-corrected chi connectivity index (χ2v) is 6.28. The van der Waals surface area contributed by atoms with E-state index in [2.05, 4.69) is 33.7 Å². The Morgan fingerprint density at radius 2 is 1.88 bits per heavy atom. The van der Waals surface area contributed by atoms with Crippen molar-refractivity contribution in [2.45, 2.75) is 31.7 Å². The molecular weight excluding hydrogens is 314 g/mol. The summed E-state index contributed by atoms with van der Waals surface area (Å²) in [6.07, 6.45) is 2.58. The highest BCUT2D eigenvalue weighted by atomic mass is 16.4. The zero-order chi connectivity index (χ0) is 17.1. The molecule has 3 aromatic rings. The Labute approximate surface area is 146 Å². The molecule has 126 valence electrons. The van der Waals surface area contributed by atoms with Crippen molar-refractivity contribution in [2.24, 2.45) is 0 Å². The van der Waals surface area contributed by atoms with Crippen molar-refractivity contribution in [1.29, 1.82) is 0 Å². The molecule has 1 amide bonds. The molecule has 0 fully saturated rings. The quantitative estimate of drug-likeness (QED) is 0.776. The standard InChI is InChI=1S/C20H19N3O2/c24-18(12-16-11-10-14-6-4-5-9-17(14)16)21-13-19-22-23-20(25-19)15-7-2-1-3-8-15/h1-9,16H,10-13H2,(H,21,24)/t16-/m0/s1. The van der Waals surface area contributed by atoms with Crippen molar-refractivity contribution in [3.8, 4) is 11.5 Å². The number of fused-ring (bicyclic) bond motifs is 1. The molecule has 25 heavy (non-hydrogen) atoms. The fourth-order valence-electron chi connectivity index (χ4n) is 3.35. The molecule has 0 radical (unpaired) electrons. The van der Waals surface area contributed by atoms with Crippen LogP contribution in [-0.2, 0) is 17.8 Å². The Morgan fingerprint density at radius 1 is 1.08 bits per heavy atom. The van der Waals surface area contributed by atoms with Crippen LogP contribution in [0.1, 0.15) is 35.8 Å². The fourth-order valence-corrected chi connectivity index (χ4v) is 3.35. The number of nitrogens with one attached hydrogen (secondary N) is 1. The smallest absolute Gasteiger partial charge is 0.247 e. The lowest BCUT2D eigenvalue weighted by molar-refractivity contribution is -0.121. The van der Waals surface area contributed by atoms with Crippen LogP contribution in [0.15, 0.2) is 59.0 Å². The third kappa shape index (κ3) is 3.45. The first kappa shape index (κ1) is 15.6. The van der Waals surface area contributed by atoms with Gasteiger partial charge in [-0.1, -0.05) is 42.5 Å². The van der Waals surface area contributed by atoms with Gasteiger partial charge in [0.25, 0.3) is 0 Å². The lowest BCUT2D eigenvalue weighted by Gasteiger charge is -2.10. The van der Waals surface area contributed by atoms with Gasteiger partial charge in [-0.25, -0.2) is 0 Å². The van der Waals surface area contributed by atoms with E-state index >= 15 is 0 Å². The summed E-state index contributed by atoms with van der Waals surface area (Å²) in [7, 11) is 0. The molecule has 0 spiro atoms. The maximum absolute atomic E-state index is 12.3. The topological polar surface area (TPSA) is 68.0 Å². The first-order valence-electron chi connectivity index (χ1n) is 8.52. The molecule has 1 heterocycles. The zero-order valence-electron chi connectivity index (χ0n) is 13.8. The summed E-state index contributed by atoms with van der Waals surface area (Å²) < 4.78 is 5.61. The number of amides is 1. The molecule has 0 bridgehead atoms. The number of nitrogens with zero attached hydrogens (tertiary/aromatic N) is 2. The van der Waals surface area contributed by atoms with Gasteiger partial charge in [-0.2, -0.15) is 0 Å². The number of hydrogen-bond donors (Lipinski definition) is 1. The Bertz CT molecular complexity index is 873. The van der Waals surface area contributed by atoms with E-state index in [0.717, 1.165) is 18.4 Å². The van der Waals surface area contributed by atoms with Crippen LogP contribution in [0.5, 0.6) is 0 Å². The molecule has 5 heteroatoms. The van der Waals surface area contributed by atoms with Gasteiger partial charge in [0.15, 0.2) is 0 Å². The molecule has 1 aliphatic carbocycles. The van der Waals surface area contributed by atoms with Crippen LogP contribution in [0, 0.1) is 0 Å². The molecule has 0 unspecified atom stereocenters. The van der Waals surface area contributed by atoms with Crippen molar-refractivity contribution in [3.05, 3.63) is 71.6 Å². The van der Waals surface area contributed by atoms with Gasteiger partial charge < -0.3 is 9.73 Å². The number of carbonyl (C=O) groups is 1. The van der Waals surface area contributed by atoms with Gasteiger partial charge in [-0.05, 0) is 42.0 Å². The van der Waals surface area contributed by atoms with Crippen LogP contribution in [0.25, 0.3) is 11.5 Å². The predicted octanol–water partition coefficient (Wildman–Crippen LogP) is 3.47. The van der Waals surface area contributed by atoms with Gasteiger partial charge >= 0.3 is 0 Å². The van der Waals surface area contributed by atoms with Gasteiger partial charge in [0.2, 0.25) is 17.7 Å². The Balaban J connectivity index is 1.33. The van der Waals surface area contributed by atoms with Crippen LogP contribution in [-0.4, -0.2) is 16.1 Å². The van der Waals surface area contributed by atoms with E-state index in [9.17, 15) is 4.79 Å². The Morgan fingerprint density at radius 3 is 2.76 bits per heavy atom. The molecule has 1 aliphatic rings. The second kappa shape index (κ2) is 6.89. The fraction of sp³-hybridized carbons (Fsp3) is 0.250. The van der Waals surface area contributed by atoms with Gasteiger partial charge in [0.1, 0.15) is 0 Å². The number of rotatable bonds is 5. The lowest BCUT2D eigenvalue weighted by Crippen LogP contribution is -2.24. The molecule has 1 N–H and O–H groups in total. The summed E-state index contributed by atoms with van der Waals surface area (Å²) in [5, 5.41) is 10.9. The summed E-state index contributed by atoms with van der Waals surface area (Å²) in [6, 6.07) is 18.0. The largest absolute Gasteiger partial charge is 0.419 e. The third-order valence-corrected chi connectivity index (χ3v) is 4.61. The van der Waals surface area contributed by atoms with E-state index in [1.54, 1.807) is 0 Å². The highest BCUT2D eigenvalue weighted by Gasteiger charge is 2.24. The summed E-state index contributed by atoms with van der Waals surface area (Å²) >= 11 is 0. The SMILES string of the molecule is O=C(C[C@@H]1CCc2ccccc21)NCc1nnc(-c2ccccc2)o1. The van der Waals surface area contributed by atoms with Gasteiger partial charge in [-0.15, -0.1) is 10.2 Å². The van der Waals surface area contributed by atoms with E-state index in [4.69, 9.17) is 4.42 Å². The molecule has 0 aliphatic heterocycles. The predicted molar refractivity (Wildman–Crippen MR) is 93.7 cm³/mol. The molecule has 1 aromatic heterocycles. The van der Waals surface area contributed by atoms with E-state index in [1.165, 1.54) is 11.1 Å². The summed E-state index contributed by atoms with van der Waals surface area (Å²) in [5.41, 5.74) is 3.54. The van der Waals surface area contributed by atoms with E-state index in [0.29, 0.717) is 24.1 Å². The average molecular weight is 333 g/mol. The number of aryl methyl sites for hydroxylation is 1. The van der Waals surface area contributed by atoms with Gasteiger partial charge in [0, 0.05) is 12.0 Å².